The maximum atomic E-state index is 13.0. The predicted molar refractivity (Wildman–Crippen MR) is 72.8 cm³/mol. The molecule has 4 heteroatoms. The second-order valence-corrected chi connectivity index (χ2v) is 7.40. The number of hydrogen-bond donors (Lipinski definition) is 0. The largest absolute Gasteiger partial charge is 0.340 e. The zero-order valence-corrected chi connectivity index (χ0v) is 12.0. The van der Waals surface area contributed by atoms with E-state index in [1.54, 1.807) is 0 Å². The molecule has 18 heavy (non-hydrogen) atoms. The van der Waals surface area contributed by atoms with E-state index in [2.05, 4.69) is 0 Å². The van der Waals surface area contributed by atoms with E-state index in [4.69, 9.17) is 9.05 Å². The van der Waals surface area contributed by atoms with Crippen LogP contribution in [0.1, 0.15) is 37.7 Å². The highest BCUT2D eigenvalue weighted by Crippen LogP contribution is 2.69. The van der Waals surface area contributed by atoms with Gasteiger partial charge in [0.05, 0.1) is 5.16 Å². The first kappa shape index (κ1) is 13.8. The first-order valence-corrected chi connectivity index (χ1v) is 8.00. The molecule has 0 unspecified atom stereocenters. The van der Waals surface area contributed by atoms with Crippen LogP contribution < -0.4 is 0 Å². The lowest BCUT2D eigenvalue weighted by molar-refractivity contribution is 0.222. The molecule has 0 radical (unpaired) electrons. The Morgan fingerprint density at radius 1 is 1.00 bits per heavy atom. The monoisotopic (exact) mass is 268 g/mol. The summed E-state index contributed by atoms with van der Waals surface area (Å²) in [6.07, 6.45) is 5.09. The zero-order valence-electron chi connectivity index (χ0n) is 11.1. The van der Waals surface area contributed by atoms with E-state index < -0.39 is 12.8 Å². The van der Waals surface area contributed by atoms with Gasteiger partial charge in [0.15, 0.2) is 0 Å². The predicted octanol–water partition coefficient (Wildman–Crippen LogP) is 4.33. The number of rotatable bonds is 4. The Balaban J connectivity index is 2.50. The van der Waals surface area contributed by atoms with Crippen molar-refractivity contribution in [3.8, 4) is 0 Å². The maximum Gasteiger partial charge on any atom is 0.340 e. The van der Waals surface area contributed by atoms with Gasteiger partial charge in [-0.2, -0.15) is 0 Å². The first-order chi connectivity index (χ1) is 8.68. The van der Waals surface area contributed by atoms with Crippen molar-refractivity contribution in [2.75, 3.05) is 14.2 Å². The molecule has 0 aromatic heterocycles. The second-order valence-electron chi connectivity index (χ2n) is 4.82. The first-order valence-electron chi connectivity index (χ1n) is 6.46. The van der Waals surface area contributed by atoms with Crippen molar-refractivity contribution in [1.82, 2.24) is 0 Å². The highest BCUT2D eigenvalue weighted by atomic mass is 31.2. The van der Waals surface area contributed by atoms with Crippen LogP contribution in [0.5, 0.6) is 0 Å². The third kappa shape index (κ3) is 2.16. The average molecular weight is 268 g/mol. The molecule has 0 N–H and O–H groups in total. The summed E-state index contributed by atoms with van der Waals surface area (Å²) in [5, 5.41) is -0.462. The van der Waals surface area contributed by atoms with Gasteiger partial charge in [-0.1, -0.05) is 49.6 Å². The minimum absolute atomic E-state index is 0.462. The number of benzene rings is 1. The third-order valence-electron chi connectivity index (χ3n) is 4.00. The molecule has 1 aromatic carbocycles. The number of hydrogen-bond acceptors (Lipinski definition) is 3. The van der Waals surface area contributed by atoms with Crippen molar-refractivity contribution < 1.29 is 13.6 Å². The van der Waals surface area contributed by atoms with Gasteiger partial charge >= 0.3 is 7.60 Å². The molecule has 0 atom stereocenters. The van der Waals surface area contributed by atoms with E-state index in [-0.39, 0.29) is 0 Å². The zero-order chi connectivity index (χ0) is 13.1. The highest BCUT2D eigenvalue weighted by molar-refractivity contribution is 7.55. The average Bonchev–Trinajstić information content (AvgIpc) is 2.48. The molecule has 0 bridgehead atoms. The fourth-order valence-corrected chi connectivity index (χ4v) is 5.21. The highest BCUT2D eigenvalue weighted by Gasteiger charge is 2.51. The molecular weight excluding hydrogens is 247 g/mol. The van der Waals surface area contributed by atoms with Gasteiger partial charge in [-0.25, -0.2) is 0 Å². The fraction of sp³-hybridized carbons (Fsp3) is 0.571. The van der Waals surface area contributed by atoms with Gasteiger partial charge < -0.3 is 9.05 Å². The van der Waals surface area contributed by atoms with Gasteiger partial charge in [0.25, 0.3) is 0 Å². The van der Waals surface area contributed by atoms with E-state index in [0.29, 0.717) is 0 Å². The summed E-state index contributed by atoms with van der Waals surface area (Å²) in [4.78, 5) is 0. The quantitative estimate of drug-likeness (QED) is 0.762. The van der Waals surface area contributed by atoms with Crippen molar-refractivity contribution in [3.05, 3.63) is 35.9 Å². The summed E-state index contributed by atoms with van der Waals surface area (Å²) in [5.41, 5.74) is 1.08. The standard InChI is InChI=1S/C14H21O3P/c1-16-18(15,17-2)14(11-7-4-8-12-14)13-9-5-3-6-10-13/h3,5-6,9-10H,4,7-8,11-12H2,1-2H3. The molecule has 100 valence electrons. The molecule has 1 fully saturated rings. The lowest BCUT2D eigenvalue weighted by Gasteiger charge is -2.41. The van der Waals surface area contributed by atoms with Gasteiger partial charge in [-0.15, -0.1) is 0 Å². The molecule has 1 aromatic rings. The maximum absolute atomic E-state index is 13.0. The summed E-state index contributed by atoms with van der Waals surface area (Å²) in [6.45, 7) is 0. The van der Waals surface area contributed by atoms with Crippen LogP contribution in [0.3, 0.4) is 0 Å². The molecule has 1 aliphatic rings. The van der Waals surface area contributed by atoms with Gasteiger partial charge in [0.2, 0.25) is 0 Å². The van der Waals surface area contributed by atoms with Crippen LogP contribution in [-0.2, 0) is 18.8 Å². The van der Waals surface area contributed by atoms with Crippen LogP contribution in [0, 0.1) is 0 Å². The Kier molecular flexibility index (Phi) is 4.26. The van der Waals surface area contributed by atoms with Crippen molar-refractivity contribution in [2.24, 2.45) is 0 Å². The molecular formula is C14H21O3P. The van der Waals surface area contributed by atoms with E-state index >= 15 is 0 Å². The summed E-state index contributed by atoms with van der Waals surface area (Å²) in [5.74, 6) is 0. The molecule has 0 heterocycles. The Morgan fingerprint density at radius 2 is 1.56 bits per heavy atom. The lowest BCUT2D eigenvalue weighted by Crippen LogP contribution is -2.30. The third-order valence-corrected chi connectivity index (χ3v) is 6.71. The van der Waals surface area contributed by atoms with Gasteiger partial charge in [0, 0.05) is 14.2 Å². The smallest absolute Gasteiger partial charge is 0.311 e. The Hall–Kier alpha value is -0.630. The fourth-order valence-electron chi connectivity index (χ4n) is 3.03. The van der Waals surface area contributed by atoms with Crippen LogP contribution in [0.15, 0.2) is 30.3 Å². The molecule has 0 saturated heterocycles. The molecule has 0 spiro atoms. The van der Waals surface area contributed by atoms with Crippen molar-refractivity contribution >= 4 is 7.60 Å². The van der Waals surface area contributed by atoms with Gasteiger partial charge in [0.1, 0.15) is 0 Å². The van der Waals surface area contributed by atoms with Crippen LogP contribution in [0.4, 0.5) is 0 Å². The van der Waals surface area contributed by atoms with Crippen LogP contribution in [0.25, 0.3) is 0 Å². The van der Waals surface area contributed by atoms with E-state index in [0.717, 1.165) is 31.2 Å². The normalized spacial score (nSPS) is 19.7. The second kappa shape index (κ2) is 5.56. The summed E-state index contributed by atoms with van der Waals surface area (Å²) < 4.78 is 23.6. The molecule has 2 rings (SSSR count). The summed E-state index contributed by atoms with van der Waals surface area (Å²) in [6, 6.07) is 10.0. The Morgan fingerprint density at radius 3 is 2.06 bits per heavy atom. The SMILES string of the molecule is COP(=O)(OC)C1(c2ccccc2)CCCCC1. The van der Waals surface area contributed by atoms with Crippen LogP contribution >= 0.6 is 7.60 Å². The van der Waals surface area contributed by atoms with E-state index in [9.17, 15) is 4.57 Å². The van der Waals surface area contributed by atoms with E-state index in [1.807, 2.05) is 30.3 Å². The molecule has 1 saturated carbocycles. The Bertz CT molecular complexity index is 416. The minimum Gasteiger partial charge on any atom is -0.311 e. The summed E-state index contributed by atoms with van der Waals surface area (Å²) >= 11 is 0. The van der Waals surface area contributed by atoms with Crippen molar-refractivity contribution in [1.29, 1.82) is 0 Å². The molecule has 0 aliphatic heterocycles. The van der Waals surface area contributed by atoms with Crippen molar-refractivity contribution in [3.63, 3.8) is 0 Å². The summed E-state index contributed by atoms with van der Waals surface area (Å²) in [7, 11) is -0.130. The van der Waals surface area contributed by atoms with Gasteiger partial charge in [-0.05, 0) is 18.4 Å². The Labute approximate surface area is 109 Å². The van der Waals surface area contributed by atoms with Crippen LogP contribution in [0.2, 0.25) is 0 Å². The van der Waals surface area contributed by atoms with Gasteiger partial charge in [-0.3, -0.25) is 4.57 Å². The van der Waals surface area contributed by atoms with Crippen molar-refractivity contribution in [2.45, 2.75) is 37.3 Å². The lowest BCUT2D eigenvalue weighted by atomic mass is 9.83. The van der Waals surface area contributed by atoms with E-state index in [1.165, 1.54) is 20.6 Å². The molecule has 1 aliphatic carbocycles. The van der Waals surface area contributed by atoms with Crippen LogP contribution in [-0.4, -0.2) is 14.2 Å². The molecule has 0 amide bonds. The topological polar surface area (TPSA) is 35.5 Å². The minimum atomic E-state index is -3.11. The molecule has 3 nitrogen and oxygen atoms in total.